The molecule has 3 rings (SSSR count). The van der Waals surface area contributed by atoms with Crippen molar-refractivity contribution in [2.45, 2.75) is 19.4 Å². The second-order valence-electron chi connectivity index (χ2n) is 5.30. The van der Waals surface area contributed by atoms with Crippen LogP contribution in [0.3, 0.4) is 0 Å². The molecule has 0 bridgehead atoms. The Morgan fingerprint density at radius 2 is 1.95 bits per heavy atom. The van der Waals surface area contributed by atoms with Gasteiger partial charge in [0.1, 0.15) is 17.2 Å². The molecule has 108 valence electrons. The fourth-order valence-electron chi connectivity index (χ4n) is 2.61. The van der Waals surface area contributed by atoms with Crippen molar-refractivity contribution in [2.24, 2.45) is 0 Å². The van der Waals surface area contributed by atoms with Gasteiger partial charge in [0.05, 0.1) is 6.04 Å². The summed E-state index contributed by atoms with van der Waals surface area (Å²) in [6.45, 7) is 2.11. The third kappa shape index (κ3) is 2.83. The predicted octanol–water partition coefficient (Wildman–Crippen LogP) is 4.38. The zero-order valence-electron chi connectivity index (χ0n) is 12.2. The van der Waals surface area contributed by atoms with Crippen molar-refractivity contribution in [3.63, 3.8) is 0 Å². The van der Waals surface area contributed by atoms with E-state index in [4.69, 9.17) is 4.42 Å². The molecule has 0 radical (unpaired) electrons. The van der Waals surface area contributed by atoms with Crippen molar-refractivity contribution in [1.29, 1.82) is 0 Å². The second kappa shape index (κ2) is 5.70. The molecule has 0 fully saturated rings. The summed E-state index contributed by atoms with van der Waals surface area (Å²) < 4.78 is 19.1. The molecule has 1 heterocycles. The lowest BCUT2D eigenvalue weighted by atomic mass is 10.00. The Labute approximate surface area is 123 Å². The van der Waals surface area contributed by atoms with Crippen LogP contribution >= 0.6 is 0 Å². The summed E-state index contributed by atoms with van der Waals surface area (Å²) in [5.41, 5.74) is 3.26. The zero-order valence-corrected chi connectivity index (χ0v) is 12.2. The summed E-state index contributed by atoms with van der Waals surface area (Å²) >= 11 is 0. The molecule has 0 spiro atoms. The standard InChI is InChI=1S/C18H18FNO/c1-12-5-3-4-6-13(12)10-16(20-2)18-11-14-9-15(19)7-8-17(14)21-18/h3-9,11,16,20H,10H2,1-2H3. The van der Waals surface area contributed by atoms with E-state index in [2.05, 4.69) is 24.4 Å². The molecular formula is C18H18FNO. The minimum absolute atomic E-state index is 0.0709. The number of fused-ring (bicyclic) bond motifs is 1. The van der Waals surface area contributed by atoms with Gasteiger partial charge in [-0.3, -0.25) is 0 Å². The van der Waals surface area contributed by atoms with Crippen LogP contribution in [0.1, 0.15) is 22.9 Å². The minimum atomic E-state index is -0.241. The largest absolute Gasteiger partial charge is 0.459 e. The fourth-order valence-corrected chi connectivity index (χ4v) is 2.61. The van der Waals surface area contributed by atoms with Crippen molar-refractivity contribution < 1.29 is 8.81 Å². The van der Waals surface area contributed by atoms with Crippen molar-refractivity contribution >= 4 is 11.0 Å². The third-order valence-electron chi connectivity index (χ3n) is 3.87. The van der Waals surface area contributed by atoms with Crippen molar-refractivity contribution in [1.82, 2.24) is 5.32 Å². The van der Waals surface area contributed by atoms with Crippen LogP contribution in [0.2, 0.25) is 0 Å². The van der Waals surface area contributed by atoms with E-state index in [9.17, 15) is 4.39 Å². The van der Waals surface area contributed by atoms with Crippen LogP contribution < -0.4 is 5.32 Å². The molecule has 2 aromatic carbocycles. The van der Waals surface area contributed by atoms with Crippen molar-refractivity contribution in [3.05, 3.63) is 71.2 Å². The first-order chi connectivity index (χ1) is 10.2. The zero-order chi connectivity index (χ0) is 14.8. The van der Waals surface area contributed by atoms with E-state index in [1.807, 2.05) is 25.2 Å². The Hall–Kier alpha value is -2.13. The van der Waals surface area contributed by atoms with E-state index in [0.29, 0.717) is 0 Å². The quantitative estimate of drug-likeness (QED) is 0.768. The highest BCUT2D eigenvalue weighted by Gasteiger charge is 2.16. The molecule has 1 N–H and O–H groups in total. The molecule has 3 aromatic rings. The first kappa shape index (κ1) is 13.8. The van der Waals surface area contributed by atoms with Crippen LogP contribution in [0, 0.1) is 12.7 Å². The smallest absolute Gasteiger partial charge is 0.134 e. The Bertz CT molecular complexity index is 763. The topological polar surface area (TPSA) is 25.2 Å². The summed E-state index contributed by atoms with van der Waals surface area (Å²) in [6.07, 6.45) is 0.839. The van der Waals surface area contributed by atoms with Gasteiger partial charge in [0.25, 0.3) is 0 Å². The average Bonchev–Trinajstić information content (AvgIpc) is 2.89. The van der Waals surface area contributed by atoms with E-state index in [1.165, 1.54) is 23.3 Å². The van der Waals surface area contributed by atoms with Crippen LogP contribution in [0.5, 0.6) is 0 Å². The van der Waals surface area contributed by atoms with Gasteiger partial charge in [0.15, 0.2) is 0 Å². The Morgan fingerprint density at radius 3 is 2.71 bits per heavy atom. The Kier molecular flexibility index (Phi) is 3.76. The number of benzene rings is 2. The predicted molar refractivity (Wildman–Crippen MR) is 82.9 cm³/mol. The van der Waals surface area contributed by atoms with E-state index in [-0.39, 0.29) is 11.9 Å². The molecule has 0 saturated heterocycles. The fraction of sp³-hybridized carbons (Fsp3) is 0.222. The minimum Gasteiger partial charge on any atom is -0.459 e. The highest BCUT2D eigenvalue weighted by molar-refractivity contribution is 5.78. The van der Waals surface area contributed by atoms with Gasteiger partial charge < -0.3 is 9.73 Å². The number of nitrogens with one attached hydrogen (secondary N) is 1. The maximum absolute atomic E-state index is 13.3. The molecule has 3 heteroatoms. The van der Waals surface area contributed by atoms with E-state index in [1.54, 1.807) is 6.07 Å². The van der Waals surface area contributed by atoms with Crippen molar-refractivity contribution in [2.75, 3.05) is 7.05 Å². The SMILES string of the molecule is CNC(Cc1ccccc1C)c1cc2cc(F)ccc2o1. The lowest BCUT2D eigenvalue weighted by Gasteiger charge is -2.15. The van der Waals surface area contributed by atoms with Gasteiger partial charge in [-0.15, -0.1) is 0 Å². The average molecular weight is 283 g/mol. The molecule has 21 heavy (non-hydrogen) atoms. The monoisotopic (exact) mass is 283 g/mol. The molecule has 2 nitrogen and oxygen atoms in total. The summed E-state index contributed by atoms with van der Waals surface area (Å²) in [5.74, 6) is 0.594. The van der Waals surface area contributed by atoms with Crippen LogP contribution in [0.4, 0.5) is 4.39 Å². The summed E-state index contributed by atoms with van der Waals surface area (Å²) in [5, 5.41) is 4.08. The maximum Gasteiger partial charge on any atom is 0.134 e. The second-order valence-corrected chi connectivity index (χ2v) is 5.30. The van der Waals surface area contributed by atoms with Crippen molar-refractivity contribution in [3.8, 4) is 0 Å². The van der Waals surface area contributed by atoms with Gasteiger partial charge in [0, 0.05) is 5.39 Å². The summed E-state index contributed by atoms with van der Waals surface area (Å²) in [4.78, 5) is 0. The number of likely N-dealkylation sites (N-methyl/N-ethyl adjacent to an activating group) is 1. The first-order valence-electron chi connectivity index (χ1n) is 7.08. The first-order valence-corrected chi connectivity index (χ1v) is 7.08. The lowest BCUT2D eigenvalue weighted by molar-refractivity contribution is 0.450. The number of aryl methyl sites for hydroxylation is 1. The van der Waals surface area contributed by atoms with Gasteiger partial charge in [-0.25, -0.2) is 4.39 Å². The Balaban J connectivity index is 1.93. The number of rotatable bonds is 4. The molecule has 0 aliphatic rings. The number of hydrogen-bond acceptors (Lipinski definition) is 2. The molecule has 0 aliphatic carbocycles. The van der Waals surface area contributed by atoms with E-state index < -0.39 is 0 Å². The third-order valence-corrected chi connectivity index (χ3v) is 3.87. The molecule has 1 aromatic heterocycles. The van der Waals surface area contributed by atoms with Gasteiger partial charge in [-0.1, -0.05) is 24.3 Å². The number of halogens is 1. The number of hydrogen-bond donors (Lipinski definition) is 1. The Morgan fingerprint density at radius 1 is 1.14 bits per heavy atom. The van der Waals surface area contributed by atoms with Gasteiger partial charge in [0.2, 0.25) is 0 Å². The maximum atomic E-state index is 13.3. The van der Waals surface area contributed by atoms with Crippen LogP contribution in [-0.2, 0) is 6.42 Å². The van der Waals surface area contributed by atoms with E-state index in [0.717, 1.165) is 23.2 Å². The van der Waals surface area contributed by atoms with E-state index >= 15 is 0 Å². The van der Waals surface area contributed by atoms with Crippen LogP contribution in [0.15, 0.2) is 52.9 Å². The molecule has 1 unspecified atom stereocenters. The van der Waals surface area contributed by atoms with Crippen LogP contribution in [0.25, 0.3) is 11.0 Å². The van der Waals surface area contributed by atoms with Gasteiger partial charge in [-0.05, 0) is 55.8 Å². The summed E-state index contributed by atoms with van der Waals surface area (Å²) in [6, 6.07) is 14.9. The molecule has 0 amide bonds. The normalized spacial score (nSPS) is 12.7. The van der Waals surface area contributed by atoms with Gasteiger partial charge in [-0.2, -0.15) is 0 Å². The molecule has 1 atom stereocenters. The highest BCUT2D eigenvalue weighted by atomic mass is 19.1. The highest BCUT2D eigenvalue weighted by Crippen LogP contribution is 2.27. The lowest BCUT2D eigenvalue weighted by Crippen LogP contribution is -2.18. The molecule has 0 aliphatic heterocycles. The number of furan rings is 1. The molecular weight excluding hydrogens is 265 g/mol. The molecule has 0 saturated carbocycles. The van der Waals surface area contributed by atoms with Gasteiger partial charge >= 0.3 is 0 Å². The van der Waals surface area contributed by atoms with Crippen LogP contribution in [-0.4, -0.2) is 7.05 Å². The summed E-state index contributed by atoms with van der Waals surface area (Å²) in [7, 11) is 1.91.